The van der Waals surface area contributed by atoms with Crippen molar-refractivity contribution in [2.24, 2.45) is 0 Å². The van der Waals surface area contributed by atoms with Crippen molar-refractivity contribution in [2.45, 2.75) is 38.5 Å². The normalized spacial score (nSPS) is 14.7. The summed E-state index contributed by atoms with van der Waals surface area (Å²) in [5.41, 5.74) is 18.5. The maximum absolute atomic E-state index is 2.46. The predicted molar refractivity (Wildman–Crippen MR) is 213 cm³/mol. The Balaban J connectivity index is 0.999. The first kappa shape index (κ1) is 29.2. The van der Waals surface area contributed by atoms with Gasteiger partial charge in [-0.3, -0.25) is 0 Å². The van der Waals surface area contributed by atoms with Crippen molar-refractivity contribution >= 4 is 21.5 Å². The van der Waals surface area contributed by atoms with E-state index < -0.39 is 0 Å². The molecule has 0 atom stereocenters. The molecular formula is C50H38. The molecule has 0 bridgehead atoms. The van der Waals surface area contributed by atoms with Gasteiger partial charge in [-0.25, -0.2) is 0 Å². The molecule has 8 aromatic carbocycles. The lowest BCUT2D eigenvalue weighted by molar-refractivity contribution is 0.660. The number of fused-ring (bicyclic) bond motifs is 8. The van der Waals surface area contributed by atoms with Crippen LogP contribution in [0.3, 0.4) is 0 Å². The van der Waals surface area contributed by atoms with Crippen LogP contribution in [-0.4, -0.2) is 0 Å². The molecule has 0 N–H and O–H groups in total. The van der Waals surface area contributed by atoms with Crippen molar-refractivity contribution in [3.8, 4) is 55.6 Å². The van der Waals surface area contributed by atoms with E-state index in [1.54, 1.807) is 0 Å². The minimum atomic E-state index is -0.0983. The first-order valence-corrected chi connectivity index (χ1v) is 17.8. The molecule has 0 amide bonds. The third kappa shape index (κ3) is 4.24. The van der Waals surface area contributed by atoms with Gasteiger partial charge in [-0.1, -0.05) is 149 Å². The third-order valence-corrected chi connectivity index (χ3v) is 11.9. The summed E-state index contributed by atoms with van der Waals surface area (Å²) in [6.07, 6.45) is 0. The van der Waals surface area contributed by atoms with E-state index in [1.807, 2.05) is 0 Å². The number of rotatable bonds is 3. The van der Waals surface area contributed by atoms with Crippen molar-refractivity contribution in [3.63, 3.8) is 0 Å². The highest BCUT2D eigenvalue weighted by Gasteiger charge is 2.38. The van der Waals surface area contributed by atoms with E-state index in [4.69, 9.17) is 0 Å². The Bertz CT molecular complexity index is 2510. The van der Waals surface area contributed by atoms with Gasteiger partial charge in [0.25, 0.3) is 0 Å². The Kier molecular flexibility index (Phi) is 6.07. The Morgan fingerprint density at radius 3 is 0.840 bits per heavy atom. The molecule has 0 heteroatoms. The Morgan fingerprint density at radius 1 is 0.260 bits per heavy atom. The zero-order valence-corrected chi connectivity index (χ0v) is 29.0. The molecule has 2 aliphatic carbocycles. The van der Waals surface area contributed by atoms with Gasteiger partial charge < -0.3 is 0 Å². The molecule has 2 aliphatic rings. The molecule has 0 fully saturated rings. The first-order valence-electron chi connectivity index (χ1n) is 17.8. The van der Waals surface area contributed by atoms with Gasteiger partial charge in [0.15, 0.2) is 0 Å². The molecule has 10 rings (SSSR count). The second kappa shape index (κ2) is 10.4. The highest BCUT2D eigenvalue weighted by molar-refractivity contribution is 5.92. The van der Waals surface area contributed by atoms with Gasteiger partial charge in [0.2, 0.25) is 0 Å². The summed E-state index contributed by atoms with van der Waals surface area (Å²) in [5.74, 6) is 0. The molecule has 8 aromatic rings. The lowest BCUT2D eigenvalue weighted by Gasteiger charge is -2.24. The summed E-state index contributed by atoms with van der Waals surface area (Å²) in [4.78, 5) is 0. The van der Waals surface area contributed by atoms with Gasteiger partial charge >= 0.3 is 0 Å². The van der Waals surface area contributed by atoms with Crippen LogP contribution in [0.25, 0.3) is 77.2 Å². The highest BCUT2D eigenvalue weighted by atomic mass is 14.4. The van der Waals surface area contributed by atoms with Crippen LogP contribution in [0.15, 0.2) is 158 Å². The van der Waals surface area contributed by atoms with Gasteiger partial charge in [0, 0.05) is 10.8 Å². The SMILES string of the molecule is CC1(C)c2cc(-c3ccc4c(c3)C(C)(C)c3cc(-c5ccc6ccccc6c5)ccc3-4)ccc2-c2ccc(-c3ccc4ccccc4c3)cc21. The fourth-order valence-corrected chi connectivity index (χ4v) is 8.93. The molecule has 50 heavy (non-hydrogen) atoms. The standard InChI is InChI=1S/C50H38/c1-49(2)45-27-37(35-15-13-31-9-5-7-11-33(31)25-35)17-21-41(45)43-23-19-39(29-47(43)49)40-20-24-44-42-22-18-38(28-46(42)50(3,4)48(44)30-40)36-16-14-32-10-6-8-12-34(32)26-36/h5-30H,1-4H3. The molecular weight excluding hydrogens is 601 g/mol. The molecule has 238 valence electrons. The van der Waals surface area contributed by atoms with Gasteiger partial charge in [-0.05, 0) is 136 Å². The van der Waals surface area contributed by atoms with E-state index in [9.17, 15) is 0 Å². The quantitative estimate of drug-likeness (QED) is 0.181. The average molecular weight is 639 g/mol. The third-order valence-electron chi connectivity index (χ3n) is 11.9. The Labute approximate surface area is 294 Å². The fourth-order valence-electron chi connectivity index (χ4n) is 8.93. The molecule has 0 aliphatic heterocycles. The van der Waals surface area contributed by atoms with Gasteiger partial charge in [0.1, 0.15) is 0 Å². The maximum atomic E-state index is 2.46. The summed E-state index contributed by atoms with van der Waals surface area (Å²) in [6.45, 7) is 9.56. The minimum Gasteiger partial charge on any atom is -0.0616 e. The maximum Gasteiger partial charge on any atom is 0.0159 e. The zero-order valence-electron chi connectivity index (χ0n) is 29.0. The molecule has 0 saturated carbocycles. The number of benzene rings is 8. The van der Waals surface area contributed by atoms with Gasteiger partial charge in [-0.2, -0.15) is 0 Å². The van der Waals surface area contributed by atoms with Crippen molar-refractivity contribution < 1.29 is 0 Å². The van der Waals surface area contributed by atoms with Crippen LogP contribution >= 0.6 is 0 Å². The lowest BCUT2D eigenvalue weighted by Crippen LogP contribution is -2.15. The van der Waals surface area contributed by atoms with E-state index in [0.29, 0.717) is 0 Å². The van der Waals surface area contributed by atoms with Gasteiger partial charge in [0.05, 0.1) is 0 Å². The summed E-state index contributed by atoms with van der Waals surface area (Å²) < 4.78 is 0. The summed E-state index contributed by atoms with van der Waals surface area (Å²) in [5, 5.41) is 5.12. The van der Waals surface area contributed by atoms with E-state index in [2.05, 4.69) is 185 Å². The van der Waals surface area contributed by atoms with Crippen molar-refractivity contribution in [2.75, 3.05) is 0 Å². The fraction of sp³-hybridized carbons (Fsp3) is 0.120. The van der Waals surface area contributed by atoms with Crippen LogP contribution in [0.1, 0.15) is 49.9 Å². The molecule has 0 heterocycles. The Hall–Kier alpha value is -5.72. The van der Waals surface area contributed by atoms with E-state index >= 15 is 0 Å². The number of hydrogen-bond donors (Lipinski definition) is 0. The van der Waals surface area contributed by atoms with Crippen molar-refractivity contribution in [3.05, 3.63) is 180 Å². The van der Waals surface area contributed by atoms with Crippen LogP contribution in [0.5, 0.6) is 0 Å². The summed E-state index contributed by atoms with van der Waals surface area (Å²) in [7, 11) is 0. The van der Waals surface area contributed by atoms with Gasteiger partial charge in [-0.15, -0.1) is 0 Å². The van der Waals surface area contributed by atoms with Crippen LogP contribution in [0.2, 0.25) is 0 Å². The lowest BCUT2D eigenvalue weighted by atomic mass is 9.79. The smallest absolute Gasteiger partial charge is 0.0159 e. The average Bonchev–Trinajstić information content (AvgIpc) is 3.52. The van der Waals surface area contributed by atoms with Crippen LogP contribution in [-0.2, 0) is 10.8 Å². The second-order valence-corrected chi connectivity index (χ2v) is 15.4. The molecule has 0 unspecified atom stereocenters. The number of hydrogen-bond acceptors (Lipinski definition) is 0. The summed E-state index contributed by atoms with van der Waals surface area (Å²) >= 11 is 0. The summed E-state index contributed by atoms with van der Waals surface area (Å²) in [6, 6.07) is 59.3. The zero-order chi connectivity index (χ0) is 33.8. The first-order chi connectivity index (χ1) is 24.3. The molecule has 0 radical (unpaired) electrons. The second-order valence-electron chi connectivity index (χ2n) is 15.4. The van der Waals surface area contributed by atoms with Crippen LogP contribution in [0.4, 0.5) is 0 Å². The minimum absolute atomic E-state index is 0.0983. The predicted octanol–water partition coefficient (Wildman–Crippen LogP) is 13.6. The van der Waals surface area contributed by atoms with Crippen molar-refractivity contribution in [1.29, 1.82) is 0 Å². The molecule has 0 aromatic heterocycles. The molecule has 0 saturated heterocycles. The van der Waals surface area contributed by atoms with E-state index in [0.717, 1.165) is 0 Å². The van der Waals surface area contributed by atoms with Crippen LogP contribution in [0, 0.1) is 0 Å². The van der Waals surface area contributed by atoms with E-state index in [1.165, 1.54) is 99.4 Å². The van der Waals surface area contributed by atoms with Crippen LogP contribution < -0.4 is 0 Å². The topological polar surface area (TPSA) is 0 Å². The molecule has 0 nitrogen and oxygen atoms in total. The van der Waals surface area contributed by atoms with Crippen molar-refractivity contribution in [1.82, 2.24) is 0 Å². The largest absolute Gasteiger partial charge is 0.0616 e. The monoisotopic (exact) mass is 638 g/mol. The van der Waals surface area contributed by atoms with E-state index in [-0.39, 0.29) is 10.8 Å². The highest BCUT2D eigenvalue weighted by Crippen LogP contribution is 2.53. The molecule has 0 spiro atoms. The Morgan fingerprint density at radius 2 is 0.520 bits per heavy atom.